The van der Waals surface area contributed by atoms with Crippen molar-refractivity contribution in [3.63, 3.8) is 0 Å². The Balaban J connectivity index is 2.10. The quantitative estimate of drug-likeness (QED) is 0.565. The van der Waals surface area contributed by atoms with Crippen LogP contribution in [0.25, 0.3) is 0 Å². The molecule has 1 unspecified atom stereocenters. The molecule has 114 valence electrons. The molecule has 0 aliphatic rings. The van der Waals surface area contributed by atoms with E-state index in [2.05, 4.69) is 0 Å². The maximum Gasteiger partial charge on any atom is 0.363 e. The summed E-state index contributed by atoms with van der Waals surface area (Å²) in [4.78, 5) is 0. The highest BCUT2D eigenvalue weighted by atomic mass is 31.1. The second-order valence-corrected chi connectivity index (χ2v) is 6.12. The SMILES string of the molecule is O=[PH+]c1ccc(C(c2ccc(O)cc2)c2ccc(O)cc2)cc1. The molecule has 3 aromatic rings. The molecular weight excluding hydrogens is 307 g/mol. The Morgan fingerprint density at radius 3 is 1.30 bits per heavy atom. The van der Waals surface area contributed by atoms with Crippen molar-refractivity contribution >= 4 is 13.8 Å². The van der Waals surface area contributed by atoms with E-state index < -0.39 is 8.46 Å². The fraction of sp³-hybridized carbons (Fsp3) is 0.0526. The number of aromatic hydroxyl groups is 2. The Bertz CT molecular complexity index is 748. The zero-order valence-corrected chi connectivity index (χ0v) is 13.3. The first-order valence-corrected chi connectivity index (χ1v) is 8.14. The molecule has 0 radical (unpaired) electrons. The molecule has 0 saturated heterocycles. The fourth-order valence-electron chi connectivity index (χ4n) is 2.65. The minimum absolute atomic E-state index is 0.0276. The molecule has 0 spiro atoms. The van der Waals surface area contributed by atoms with Gasteiger partial charge in [0, 0.05) is 5.92 Å². The van der Waals surface area contributed by atoms with Crippen LogP contribution in [0.1, 0.15) is 22.6 Å². The molecule has 0 aliphatic heterocycles. The summed E-state index contributed by atoms with van der Waals surface area (Å²) in [5, 5.41) is 19.8. The predicted octanol–water partition coefficient (Wildman–Crippen LogP) is 3.93. The number of benzene rings is 3. The standard InChI is InChI=1S/C19H15O3P/c20-16-7-1-13(2-8-16)19(14-3-9-17(21)10-4-14)15-5-11-18(23-22)12-6-15/h1-12,19-21H/p+1. The van der Waals surface area contributed by atoms with Crippen LogP contribution in [-0.4, -0.2) is 10.2 Å². The van der Waals surface area contributed by atoms with Gasteiger partial charge in [0.25, 0.3) is 0 Å². The van der Waals surface area contributed by atoms with E-state index in [4.69, 9.17) is 0 Å². The molecule has 0 heterocycles. The van der Waals surface area contributed by atoms with Gasteiger partial charge in [0.15, 0.2) is 5.30 Å². The van der Waals surface area contributed by atoms with Gasteiger partial charge < -0.3 is 10.2 Å². The monoisotopic (exact) mass is 323 g/mol. The van der Waals surface area contributed by atoms with E-state index in [1.807, 2.05) is 48.5 Å². The van der Waals surface area contributed by atoms with Crippen LogP contribution in [-0.2, 0) is 4.57 Å². The second-order valence-electron chi connectivity index (χ2n) is 5.34. The summed E-state index contributed by atoms with van der Waals surface area (Å²) < 4.78 is 11.0. The van der Waals surface area contributed by atoms with Gasteiger partial charge in [-0.15, -0.1) is 0 Å². The summed E-state index contributed by atoms with van der Waals surface area (Å²) in [6, 6.07) is 21.8. The Morgan fingerprint density at radius 1 is 0.609 bits per heavy atom. The third-order valence-corrected chi connectivity index (χ3v) is 4.38. The number of rotatable bonds is 4. The maximum absolute atomic E-state index is 11.0. The third-order valence-electron chi connectivity index (χ3n) is 3.81. The van der Waals surface area contributed by atoms with E-state index >= 15 is 0 Å². The summed E-state index contributed by atoms with van der Waals surface area (Å²) in [6.45, 7) is 0. The Morgan fingerprint density at radius 2 is 0.957 bits per heavy atom. The van der Waals surface area contributed by atoms with Crippen molar-refractivity contribution in [2.75, 3.05) is 0 Å². The summed E-state index contributed by atoms with van der Waals surface area (Å²) in [5.74, 6) is 0.419. The second kappa shape index (κ2) is 6.64. The minimum atomic E-state index is -0.467. The smallest absolute Gasteiger partial charge is 0.363 e. The largest absolute Gasteiger partial charge is 0.508 e. The average molecular weight is 323 g/mol. The Labute approximate surface area is 136 Å². The van der Waals surface area contributed by atoms with Crippen LogP contribution in [0.15, 0.2) is 72.8 Å². The molecule has 3 nitrogen and oxygen atoms in total. The molecule has 23 heavy (non-hydrogen) atoms. The van der Waals surface area contributed by atoms with Crippen molar-refractivity contribution in [3.8, 4) is 11.5 Å². The van der Waals surface area contributed by atoms with Crippen LogP contribution < -0.4 is 5.30 Å². The van der Waals surface area contributed by atoms with Gasteiger partial charge in [0.05, 0.1) is 0 Å². The first-order chi connectivity index (χ1) is 11.2. The van der Waals surface area contributed by atoms with Crippen LogP contribution >= 0.6 is 8.46 Å². The van der Waals surface area contributed by atoms with Gasteiger partial charge in [-0.05, 0) is 53.1 Å². The normalized spacial score (nSPS) is 11.0. The Hall–Kier alpha value is -2.64. The van der Waals surface area contributed by atoms with E-state index in [0.29, 0.717) is 0 Å². The van der Waals surface area contributed by atoms with Crippen LogP contribution in [0.4, 0.5) is 0 Å². The first-order valence-electron chi connectivity index (χ1n) is 7.23. The van der Waals surface area contributed by atoms with Gasteiger partial charge >= 0.3 is 8.46 Å². The molecule has 0 amide bonds. The number of phenols is 2. The van der Waals surface area contributed by atoms with Crippen molar-refractivity contribution in [2.24, 2.45) is 0 Å². The highest BCUT2D eigenvalue weighted by Crippen LogP contribution is 2.33. The number of phenolic OH excluding ortho intramolecular Hbond substituents is 2. The molecule has 2 N–H and O–H groups in total. The van der Waals surface area contributed by atoms with E-state index in [1.54, 1.807) is 24.3 Å². The molecular formula is C19H16O3P+. The van der Waals surface area contributed by atoms with Crippen LogP contribution in [0.3, 0.4) is 0 Å². The molecule has 3 aromatic carbocycles. The molecule has 0 saturated carbocycles. The predicted molar refractivity (Wildman–Crippen MR) is 92.2 cm³/mol. The Kier molecular flexibility index (Phi) is 4.40. The molecule has 0 aliphatic carbocycles. The van der Waals surface area contributed by atoms with Crippen LogP contribution in [0.5, 0.6) is 11.5 Å². The van der Waals surface area contributed by atoms with Crippen LogP contribution in [0.2, 0.25) is 0 Å². The van der Waals surface area contributed by atoms with Crippen molar-refractivity contribution in [3.05, 3.63) is 89.5 Å². The molecule has 3 rings (SSSR count). The zero-order valence-electron chi connectivity index (χ0n) is 12.3. The highest BCUT2D eigenvalue weighted by Gasteiger charge is 2.17. The van der Waals surface area contributed by atoms with Crippen molar-refractivity contribution in [2.45, 2.75) is 5.92 Å². The van der Waals surface area contributed by atoms with E-state index in [9.17, 15) is 14.8 Å². The lowest BCUT2D eigenvalue weighted by molar-refractivity contribution is 0.475. The average Bonchev–Trinajstić information content (AvgIpc) is 2.59. The van der Waals surface area contributed by atoms with Gasteiger partial charge in [-0.25, -0.2) is 0 Å². The van der Waals surface area contributed by atoms with E-state index in [-0.39, 0.29) is 17.4 Å². The van der Waals surface area contributed by atoms with E-state index in [0.717, 1.165) is 22.0 Å². The maximum atomic E-state index is 11.0. The van der Waals surface area contributed by atoms with Gasteiger partial charge in [-0.3, -0.25) is 0 Å². The topological polar surface area (TPSA) is 57.5 Å². The first kappa shape index (κ1) is 15.3. The fourth-order valence-corrected chi connectivity index (χ4v) is 2.96. The lowest BCUT2D eigenvalue weighted by Gasteiger charge is -2.19. The minimum Gasteiger partial charge on any atom is -0.508 e. The number of hydrogen-bond acceptors (Lipinski definition) is 3. The summed E-state index contributed by atoms with van der Waals surface area (Å²) in [6.07, 6.45) is 0. The molecule has 0 fully saturated rings. The van der Waals surface area contributed by atoms with Gasteiger partial charge in [0.2, 0.25) is 0 Å². The van der Waals surface area contributed by atoms with Crippen molar-refractivity contribution < 1.29 is 14.8 Å². The molecule has 0 bridgehead atoms. The summed E-state index contributed by atoms with van der Waals surface area (Å²) >= 11 is 0. The van der Waals surface area contributed by atoms with Gasteiger partial charge in [0.1, 0.15) is 11.5 Å². The van der Waals surface area contributed by atoms with Crippen molar-refractivity contribution in [1.82, 2.24) is 0 Å². The summed E-state index contributed by atoms with van der Waals surface area (Å²) in [5.41, 5.74) is 3.13. The van der Waals surface area contributed by atoms with Crippen molar-refractivity contribution in [1.29, 1.82) is 0 Å². The van der Waals surface area contributed by atoms with E-state index in [1.165, 1.54) is 0 Å². The molecule has 1 atom stereocenters. The van der Waals surface area contributed by atoms with Crippen LogP contribution in [0, 0.1) is 0 Å². The zero-order chi connectivity index (χ0) is 16.2. The highest BCUT2D eigenvalue weighted by molar-refractivity contribution is 7.34. The lowest BCUT2D eigenvalue weighted by atomic mass is 9.85. The molecule has 4 heteroatoms. The van der Waals surface area contributed by atoms with Gasteiger partial charge in [-0.2, -0.15) is 0 Å². The third kappa shape index (κ3) is 3.41. The number of hydrogen-bond donors (Lipinski definition) is 2. The van der Waals surface area contributed by atoms with Gasteiger partial charge in [-0.1, -0.05) is 41.0 Å². The summed E-state index contributed by atoms with van der Waals surface area (Å²) in [7, 11) is -0.467. The molecule has 0 aromatic heterocycles. The lowest BCUT2D eigenvalue weighted by Crippen LogP contribution is -2.04.